The van der Waals surface area contributed by atoms with Crippen molar-refractivity contribution in [3.8, 4) is 0 Å². The molecule has 0 aliphatic carbocycles. The molecule has 0 fully saturated rings. The van der Waals surface area contributed by atoms with Crippen LogP contribution in [0.3, 0.4) is 0 Å². The Hall–Kier alpha value is -1.97. The minimum absolute atomic E-state index is 0.150. The lowest BCUT2D eigenvalue weighted by atomic mass is 10.0. The summed E-state index contributed by atoms with van der Waals surface area (Å²) in [5.41, 5.74) is 0. The number of likely N-dealkylation sites (N-methyl/N-ethyl adjacent to an activating group) is 1. The van der Waals surface area contributed by atoms with E-state index in [1.165, 1.54) is 289 Å². The molecule has 0 N–H and O–H groups in total. The van der Waals surface area contributed by atoms with Gasteiger partial charge in [-0.05, 0) is 38.5 Å². The van der Waals surface area contributed by atoms with Crippen molar-refractivity contribution in [3.05, 3.63) is 12.2 Å². The summed E-state index contributed by atoms with van der Waals surface area (Å²) >= 11 is 0. The highest BCUT2D eigenvalue weighted by atomic mass is 16.7. The van der Waals surface area contributed by atoms with Gasteiger partial charge in [0, 0.05) is 12.8 Å². The Balaban J connectivity index is 3.84. The molecule has 480 valence electrons. The fourth-order valence-corrected chi connectivity index (χ4v) is 11.0. The van der Waals surface area contributed by atoms with E-state index in [1.54, 1.807) is 0 Å². The van der Waals surface area contributed by atoms with Crippen molar-refractivity contribution >= 4 is 17.9 Å². The topological polar surface area (TPSA) is 111 Å². The summed E-state index contributed by atoms with van der Waals surface area (Å²) in [5, 5.41) is 11.8. The third kappa shape index (κ3) is 65.4. The van der Waals surface area contributed by atoms with Crippen molar-refractivity contribution in [3.63, 3.8) is 0 Å². The van der Waals surface area contributed by atoms with Crippen LogP contribution < -0.4 is 5.11 Å². The molecule has 9 heteroatoms. The standard InChI is InChI=1S/C72H139NO8/c1-6-8-10-12-14-16-18-20-22-23-24-25-26-27-28-29-30-31-32-33-34-35-36-37-38-39-40-41-42-43-44-45-46-47-49-50-52-54-56-58-60-62-69(74)79-66-68(67-80-72(71(76)77)78-65-64-73(3,4)5)81-70(75)63-61-59-57-55-53-51-48-21-19-17-15-13-11-9-7-2/h21,48,68,72H,6-20,22-47,49-67H2,1-5H3/b48-21-. The molecule has 0 aromatic heterocycles. The van der Waals surface area contributed by atoms with Gasteiger partial charge >= 0.3 is 11.9 Å². The van der Waals surface area contributed by atoms with E-state index >= 15 is 0 Å². The maximum atomic E-state index is 12.8. The van der Waals surface area contributed by atoms with E-state index in [2.05, 4.69) is 26.0 Å². The van der Waals surface area contributed by atoms with E-state index < -0.39 is 24.3 Å². The van der Waals surface area contributed by atoms with E-state index in [4.69, 9.17) is 18.9 Å². The molecule has 0 radical (unpaired) electrons. The molecule has 0 aromatic rings. The molecule has 2 unspecified atom stereocenters. The number of unbranched alkanes of at least 4 members (excludes halogenated alkanes) is 51. The van der Waals surface area contributed by atoms with Crippen LogP contribution in [0.25, 0.3) is 0 Å². The SMILES string of the molecule is CCCCCCCC/C=C\CCCCCCCC(=O)OC(COC(=O)CCCCCCCCCCCCCCCCCCCCCCCCCCCCCCCCCCCCCCCCCCC)COC(OCC[N+](C)(C)C)C(=O)[O-]. The van der Waals surface area contributed by atoms with Crippen LogP contribution in [0.1, 0.15) is 373 Å². The monoisotopic (exact) mass is 1150 g/mol. The third-order valence-electron chi connectivity index (χ3n) is 16.5. The zero-order valence-electron chi connectivity index (χ0n) is 54.9. The van der Waals surface area contributed by atoms with E-state index in [9.17, 15) is 19.5 Å². The summed E-state index contributed by atoms with van der Waals surface area (Å²) in [6.07, 6.45) is 74.8. The Morgan fingerprint density at radius 1 is 0.358 bits per heavy atom. The van der Waals surface area contributed by atoms with E-state index in [0.29, 0.717) is 23.9 Å². The van der Waals surface area contributed by atoms with Gasteiger partial charge in [-0.2, -0.15) is 0 Å². The molecule has 0 aromatic carbocycles. The van der Waals surface area contributed by atoms with Gasteiger partial charge in [-0.1, -0.05) is 334 Å². The van der Waals surface area contributed by atoms with Crippen molar-refractivity contribution in [1.29, 1.82) is 0 Å². The number of allylic oxidation sites excluding steroid dienone is 2. The molecule has 9 nitrogen and oxygen atoms in total. The maximum absolute atomic E-state index is 12.8. The Bertz CT molecular complexity index is 1330. The second-order valence-corrected chi connectivity index (χ2v) is 25.9. The van der Waals surface area contributed by atoms with Gasteiger partial charge in [0.25, 0.3) is 0 Å². The van der Waals surface area contributed by atoms with Crippen LogP contribution in [-0.4, -0.2) is 82.3 Å². The minimum atomic E-state index is -1.62. The summed E-state index contributed by atoms with van der Waals surface area (Å²) in [6, 6.07) is 0. The van der Waals surface area contributed by atoms with Crippen LogP contribution in [0.4, 0.5) is 0 Å². The van der Waals surface area contributed by atoms with Gasteiger partial charge in [-0.25, -0.2) is 0 Å². The number of carboxylic acids is 1. The van der Waals surface area contributed by atoms with E-state index in [1.807, 2.05) is 21.1 Å². The quantitative estimate of drug-likeness (QED) is 0.0195. The Morgan fingerprint density at radius 2 is 0.630 bits per heavy atom. The molecule has 2 atom stereocenters. The predicted molar refractivity (Wildman–Crippen MR) is 343 cm³/mol. The van der Waals surface area contributed by atoms with Crippen molar-refractivity contribution in [2.75, 3.05) is 47.5 Å². The largest absolute Gasteiger partial charge is 0.545 e. The smallest absolute Gasteiger partial charge is 0.306 e. The van der Waals surface area contributed by atoms with Crippen LogP contribution in [0.2, 0.25) is 0 Å². The Morgan fingerprint density at radius 3 is 0.914 bits per heavy atom. The molecular formula is C72H139NO8. The lowest BCUT2D eigenvalue weighted by Crippen LogP contribution is -2.44. The van der Waals surface area contributed by atoms with Gasteiger partial charge in [0.2, 0.25) is 0 Å². The molecule has 0 saturated heterocycles. The number of rotatable bonds is 68. The van der Waals surface area contributed by atoms with Gasteiger partial charge < -0.3 is 33.3 Å². The normalized spacial score (nSPS) is 12.7. The van der Waals surface area contributed by atoms with Crippen LogP contribution in [0, 0.1) is 0 Å². The van der Waals surface area contributed by atoms with Crippen LogP contribution in [0.5, 0.6) is 0 Å². The van der Waals surface area contributed by atoms with E-state index in [-0.39, 0.29) is 32.2 Å². The average Bonchev–Trinajstić information content (AvgIpc) is 3.44. The van der Waals surface area contributed by atoms with E-state index in [0.717, 1.165) is 51.4 Å². The highest BCUT2D eigenvalue weighted by Crippen LogP contribution is 2.19. The lowest BCUT2D eigenvalue weighted by molar-refractivity contribution is -0.870. The fraction of sp³-hybridized carbons (Fsp3) is 0.931. The first-order valence-corrected chi connectivity index (χ1v) is 35.8. The Labute approximate surface area is 504 Å². The molecule has 0 spiro atoms. The molecule has 0 heterocycles. The first-order valence-electron chi connectivity index (χ1n) is 35.8. The molecule has 0 aliphatic rings. The minimum Gasteiger partial charge on any atom is -0.545 e. The number of hydrogen-bond acceptors (Lipinski definition) is 8. The lowest BCUT2D eigenvalue weighted by Gasteiger charge is -2.26. The molecule has 81 heavy (non-hydrogen) atoms. The molecule has 0 saturated carbocycles. The average molecular weight is 1150 g/mol. The zero-order chi connectivity index (χ0) is 59.1. The number of esters is 2. The summed E-state index contributed by atoms with van der Waals surface area (Å²) in [7, 11) is 5.93. The first kappa shape index (κ1) is 79.0. The summed E-state index contributed by atoms with van der Waals surface area (Å²) in [4.78, 5) is 37.3. The van der Waals surface area contributed by atoms with Crippen LogP contribution >= 0.6 is 0 Å². The van der Waals surface area contributed by atoms with Gasteiger partial charge in [-0.15, -0.1) is 0 Å². The second-order valence-electron chi connectivity index (χ2n) is 25.9. The number of carbonyl (C=O) groups excluding carboxylic acids is 3. The number of hydrogen-bond donors (Lipinski definition) is 0. The van der Waals surface area contributed by atoms with Gasteiger partial charge in [0.1, 0.15) is 13.2 Å². The van der Waals surface area contributed by atoms with Crippen molar-refractivity contribution < 1.29 is 42.9 Å². The van der Waals surface area contributed by atoms with Crippen LogP contribution in [0.15, 0.2) is 12.2 Å². The number of nitrogens with zero attached hydrogens (tertiary/aromatic N) is 1. The van der Waals surface area contributed by atoms with Crippen LogP contribution in [-0.2, 0) is 33.3 Å². The van der Waals surface area contributed by atoms with Gasteiger partial charge in [0.05, 0.1) is 40.3 Å². The van der Waals surface area contributed by atoms with Gasteiger partial charge in [0.15, 0.2) is 12.4 Å². The number of ether oxygens (including phenoxy) is 4. The van der Waals surface area contributed by atoms with Gasteiger partial charge in [-0.3, -0.25) is 9.59 Å². The number of aliphatic carboxylic acids is 1. The number of carbonyl (C=O) groups is 3. The predicted octanol–water partition coefficient (Wildman–Crippen LogP) is 20.7. The maximum Gasteiger partial charge on any atom is 0.306 e. The van der Waals surface area contributed by atoms with Crippen molar-refractivity contribution in [2.24, 2.45) is 0 Å². The summed E-state index contributed by atoms with van der Waals surface area (Å²) < 4.78 is 22.7. The molecular weight excluding hydrogens is 1010 g/mol. The number of carboxylic acid groups (broad SMARTS) is 1. The Kier molecular flexibility index (Phi) is 62.5. The third-order valence-corrected chi connectivity index (χ3v) is 16.5. The fourth-order valence-electron chi connectivity index (χ4n) is 11.0. The molecule has 0 rings (SSSR count). The second kappa shape index (κ2) is 64.0. The highest BCUT2D eigenvalue weighted by Gasteiger charge is 2.22. The zero-order valence-corrected chi connectivity index (χ0v) is 54.9. The summed E-state index contributed by atoms with van der Waals surface area (Å²) in [5.74, 6) is -2.27. The molecule has 0 amide bonds. The van der Waals surface area contributed by atoms with Crippen molar-refractivity contribution in [2.45, 2.75) is 386 Å². The summed E-state index contributed by atoms with van der Waals surface area (Å²) in [6.45, 7) is 4.79. The molecule has 0 aliphatic heterocycles. The van der Waals surface area contributed by atoms with Crippen molar-refractivity contribution in [1.82, 2.24) is 0 Å². The number of quaternary nitrogens is 1. The first-order chi connectivity index (χ1) is 39.6. The molecule has 0 bridgehead atoms. The highest BCUT2D eigenvalue weighted by molar-refractivity contribution is 5.70.